The summed E-state index contributed by atoms with van der Waals surface area (Å²) < 4.78 is 2.21. The van der Waals surface area contributed by atoms with Gasteiger partial charge in [0.2, 0.25) is 0 Å². The Bertz CT molecular complexity index is 959. The van der Waals surface area contributed by atoms with Gasteiger partial charge in [-0.15, -0.1) is 0 Å². The maximum atomic E-state index is 9.63. The Morgan fingerprint density at radius 3 is 2.55 bits per heavy atom. The first-order valence-electron chi connectivity index (χ1n) is 6.46. The number of anilines is 1. The molecule has 0 radical (unpaired) electrons. The molecular weight excluding hydrogens is 389 g/mol. The van der Waals surface area contributed by atoms with Gasteiger partial charge in [0.25, 0.3) is 0 Å². The highest BCUT2D eigenvalue weighted by molar-refractivity contribution is 14.1. The summed E-state index contributed by atoms with van der Waals surface area (Å²) in [5.74, 6) is 0.250. The second kappa shape index (κ2) is 5.66. The molecule has 0 aliphatic rings. The van der Waals surface area contributed by atoms with E-state index in [-0.39, 0.29) is 11.4 Å². The summed E-state index contributed by atoms with van der Waals surface area (Å²) >= 11 is 2.26. The minimum Gasteiger partial charge on any atom is -0.383 e. The Morgan fingerprint density at radius 1 is 1.14 bits per heavy atom. The van der Waals surface area contributed by atoms with E-state index in [9.17, 15) is 10.5 Å². The molecule has 1 aromatic carbocycles. The fourth-order valence-electron chi connectivity index (χ4n) is 2.55. The first-order valence-corrected chi connectivity index (χ1v) is 7.99. The number of nitriles is 2. The molecule has 5 nitrogen and oxygen atoms in total. The van der Waals surface area contributed by atoms with Crippen LogP contribution in [0.5, 0.6) is 0 Å². The fraction of sp³-hybridized carbons (Fsp3) is 0.0625. The third-order valence-electron chi connectivity index (χ3n) is 3.54. The van der Waals surface area contributed by atoms with Crippen molar-refractivity contribution in [1.29, 1.82) is 10.5 Å². The number of alkyl halides is 1. The van der Waals surface area contributed by atoms with E-state index in [1.165, 1.54) is 4.52 Å². The van der Waals surface area contributed by atoms with Crippen LogP contribution in [0, 0.1) is 22.7 Å². The summed E-state index contributed by atoms with van der Waals surface area (Å²) in [7, 11) is 0. The summed E-state index contributed by atoms with van der Waals surface area (Å²) in [6.45, 7) is 0. The molecule has 0 aliphatic heterocycles. The molecule has 0 bridgehead atoms. The number of aromatic nitrogens is 2. The van der Waals surface area contributed by atoms with Gasteiger partial charge in [0.1, 0.15) is 23.5 Å². The molecule has 106 valence electrons. The van der Waals surface area contributed by atoms with Crippen LogP contribution in [0.25, 0.3) is 16.6 Å². The standard InChI is InChI=1S/C16H10IN5/c17-7-10-3-1-2-4-11(10)15-12(8-18)14-5-6-21-22(14)16(20)13(15)9-19/h1-6H,7,20H2. The molecule has 6 heteroatoms. The molecule has 0 saturated carbocycles. The molecule has 0 atom stereocenters. The van der Waals surface area contributed by atoms with Crippen molar-refractivity contribution in [1.82, 2.24) is 9.61 Å². The van der Waals surface area contributed by atoms with Gasteiger partial charge in [-0.25, -0.2) is 4.52 Å². The van der Waals surface area contributed by atoms with Crippen LogP contribution >= 0.6 is 22.6 Å². The van der Waals surface area contributed by atoms with Crippen LogP contribution in [0.15, 0.2) is 36.5 Å². The normalized spacial score (nSPS) is 10.3. The lowest BCUT2D eigenvalue weighted by atomic mass is 9.92. The topological polar surface area (TPSA) is 90.9 Å². The number of benzene rings is 1. The molecule has 0 fully saturated rings. The molecular formula is C16H10IN5. The van der Waals surface area contributed by atoms with E-state index in [2.05, 4.69) is 39.8 Å². The van der Waals surface area contributed by atoms with E-state index in [1.807, 2.05) is 24.3 Å². The maximum absolute atomic E-state index is 9.63. The van der Waals surface area contributed by atoms with E-state index >= 15 is 0 Å². The number of fused-ring (bicyclic) bond motifs is 1. The van der Waals surface area contributed by atoms with Crippen molar-refractivity contribution in [2.24, 2.45) is 0 Å². The molecule has 0 amide bonds. The van der Waals surface area contributed by atoms with Crippen molar-refractivity contribution in [3.05, 3.63) is 53.2 Å². The highest BCUT2D eigenvalue weighted by atomic mass is 127. The third kappa shape index (κ3) is 2.00. The van der Waals surface area contributed by atoms with Crippen molar-refractivity contribution in [3.8, 4) is 23.3 Å². The summed E-state index contributed by atoms with van der Waals surface area (Å²) in [6, 6.07) is 13.8. The molecule has 3 aromatic rings. The summed E-state index contributed by atoms with van der Waals surface area (Å²) in [4.78, 5) is 0. The third-order valence-corrected chi connectivity index (χ3v) is 4.36. The molecule has 0 spiro atoms. The Kier molecular flexibility index (Phi) is 3.70. The van der Waals surface area contributed by atoms with Crippen LogP contribution in [0.2, 0.25) is 0 Å². The average Bonchev–Trinajstić information content (AvgIpc) is 3.04. The Balaban J connectivity index is 2.53. The predicted molar refractivity (Wildman–Crippen MR) is 92.2 cm³/mol. The van der Waals surface area contributed by atoms with Gasteiger partial charge in [-0.2, -0.15) is 15.6 Å². The first-order chi connectivity index (χ1) is 10.7. The minimum absolute atomic E-state index is 0.250. The number of pyridine rings is 1. The van der Waals surface area contributed by atoms with Gasteiger partial charge in [-0.3, -0.25) is 0 Å². The first kappa shape index (κ1) is 14.4. The van der Waals surface area contributed by atoms with Gasteiger partial charge in [0.05, 0.1) is 17.3 Å². The second-order valence-electron chi connectivity index (χ2n) is 4.65. The van der Waals surface area contributed by atoms with Crippen LogP contribution in [0.1, 0.15) is 16.7 Å². The average molecular weight is 399 g/mol. The molecule has 0 saturated heterocycles. The quantitative estimate of drug-likeness (QED) is 0.529. The van der Waals surface area contributed by atoms with Crippen LogP contribution in [0.3, 0.4) is 0 Å². The molecule has 0 unspecified atom stereocenters. The highest BCUT2D eigenvalue weighted by Gasteiger charge is 2.21. The molecule has 22 heavy (non-hydrogen) atoms. The zero-order valence-electron chi connectivity index (χ0n) is 11.4. The monoisotopic (exact) mass is 399 g/mol. The fourth-order valence-corrected chi connectivity index (χ4v) is 3.21. The molecule has 0 aliphatic carbocycles. The Labute approximate surface area is 140 Å². The molecule has 2 heterocycles. The summed E-state index contributed by atoms with van der Waals surface area (Å²) in [5, 5.41) is 23.3. The van der Waals surface area contributed by atoms with Crippen molar-refractivity contribution >= 4 is 33.9 Å². The zero-order valence-corrected chi connectivity index (χ0v) is 13.6. The van der Waals surface area contributed by atoms with Crippen LogP contribution in [-0.4, -0.2) is 9.61 Å². The number of rotatable bonds is 2. The summed E-state index contributed by atoms with van der Waals surface area (Å²) in [6.07, 6.45) is 1.57. The Hall–Kier alpha value is -2.58. The molecule has 2 aromatic heterocycles. The number of nitrogen functional groups attached to an aromatic ring is 1. The van der Waals surface area contributed by atoms with Gasteiger partial charge >= 0.3 is 0 Å². The highest BCUT2D eigenvalue weighted by Crippen LogP contribution is 2.36. The van der Waals surface area contributed by atoms with Crippen LogP contribution in [-0.2, 0) is 4.43 Å². The smallest absolute Gasteiger partial charge is 0.144 e. The van der Waals surface area contributed by atoms with Crippen LogP contribution in [0.4, 0.5) is 5.82 Å². The van der Waals surface area contributed by atoms with E-state index < -0.39 is 0 Å². The SMILES string of the molecule is N#Cc1c(-c2ccccc2CI)c(C#N)c2ccnn2c1N. The number of nitrogens with zero attached hydrogens (tertiary/aromatic N) is 4. The summed E-state index contributed by atoms with van der Waals surface area (Å²) in [5.41, 5.74) is 9.90. The van der Waals surface area contributed by atoms with Crippen molar-refractivity contribution in [3.63, 3.8) is 0 Å². The lowest BCUT2D eigenvalue weighted by molar-refractivity contribution is 0.969. The predicted octanol–water partition coefficient (Wildman–Crippen LogP) is 3.26. The largest absolute Gasteiger partial charge is 0.383 e. The van der Waals surface area contributed by atoms with Crippen molar-refractivity contribution in [2.75, 3.05) is 5.73 Å². The number of halogens is 1. The zero-order chi connectivity index (χ0) is 15.7. The van der Waals surface area contributed by atoms with Gasteiger partial charge in [0.15, 0.2) is 0 Å². The number of hydrogen-bond acceptors (Lipinski definition) is 4. The lowest BCUT2D eigenvalue weighted by Crippen LogP contribution is -2.07. The molecule has 3 rings (SSSR count). The molecule has 2 N–H and O–H groups in total. The van der Waals surface area contributed by atoms with Gasteiger partial charge in [-0.05, 0) is 17.2 Å². The van der Waals surface area contributed by atoms with Crippen molar-refractivity contribution < 1.29 is 0 Å². The van der Waals surface area contributed by atoms with E-state index in [0.29, 0.717) is 16.6 Å². The van der Waals surface area contributed by atoms with E-state index in [0.717, 1.165) is 15.6 Å². The number of hydrogen-bond donors (Lipinski definition) is 1. The van der Waals surface area contributed by atoms with Crippen LogP contribution < -0.4 is 5.73 Å². The minimum atomic E-state index is 0.250. The van der Waals surface area contributed by atoms with E-state index in [4.69, 9.17) is 5.73 Å². The number of nitrogens with two attached hydrogens (primary N) is 1. The van der Waals surface area contributed by atoms with Gasteiger partial charge in [-0.1, -0.05) is 46.9 Å². The van der Waals surface area contributed by atoms with Gasteiger partial charge < -0.3 is 5.73 Å². The second-order valence-corrected chi connectivity index (χ2v) is 5.42. The van der Waals surface area contributed by atoms with Gasteiger partial charge in [0, 0.05) is 9.99 Å². The lowest BCUT2D eigenvalue weighted by Gasteiger charge is -2.14. The van der Waals surface area contributed by atoms with E-state index in [1.54, 1.807) is 12.3 Å². The van der Waals surface area contributed by atoms with Crippen molar-refractivity contribution in [2.45, 2.75) is 4.43 Å². The maximum Gasteiger partial charge on any atom is 0.144 e. The Morgan fingerprint density at radius 2 is 1.86 bits per heavy atom.